The number of aromatic nitrogens is 8. The minimum Gasteiger partial charge on any atom is -0.425 e. The number of fused-ring (bicyclic) bond motifs is 2. The van der Waals surface area contributed by atoms with Crippen molar-refractivity contribution in [3.8, 4) is 23.5 Å². The van der Waals surface area contributed by atoms with Crippen LogP contribution in [0.4, 0.5) is 0 Å². The van der Waals surface area contributed by atoms with Crippen LogP contribution in [-0.2, 0) is 41.3 Å². The highest BCUT2D eigenvalue weighted by atomic mass is 16.5. The van der Waals surface area contributed by atoms with E-state index in [2.05, 4.69) is 23.8 Å². The van der Waals surface area contributed by atoms with E-state index >= 15 is 0 Å². The topological polar surface area (TPSA) is 142 Å². The lowest BCUT2D eigenvalue weighted by Gasteiger charge is -2.12. The van der Waals surface area contributed by atoms with E-state index in [9.17, 15) is 19.2 Å². The summed E-state index contributed by atoms with van der Waals surface area (Å²) in [6, 6.07) is 7.32. The number of hydrogen-bond donors (Lipinski definition) is 0. The zero-order valence-corrected chi connectivity index (χ0v) is 30.2. The van der Waals surface area contributed by atoms with E-state index in [1.165, 1.54) is 36.1 Å². The molecule has 0 radical (unpaired) electrons. The first kappa shape index (κ1) is 36.4. The van der Waals surface area contributed by atoms with Crippen molar-refractivity contribution >= 4 is 22.3 Å². The Kier molecular flexibility index (Phi) is 11.8. The standard InChI is InChI=1S/C36H50N8O6/c1-7-9-11-13-15-17-22-43-27-29(39(3)35(47)41(5)31(27)45)37-33(43)49-25-20-19-21-26(24-25)50-34-38-30-28(32(46)42(6)36(48)40(30)4)44(34)23-18-16-14-12-10-8-2/h19-21,24H,7-18,22-23H2,1-6H3. The second kappa shape index (κ2) is 16.2. The molecule has 270 valence electrons. The number of imidazole rings is 2. The van der Waals surface area contributed by atoms with Crippen LogP contribution in [0.25, 0.3) is 22.3 Å². The number of unbranched alkanes of at least 4 members (excludes halogenated alkanes) is 10. The highest BCUT2D eigenvalue weighted by Gasteiger charge is 2.23. The lowest BCUT2D eigenvalue weighted by molar-refractivity contribution is 0.392. The summed E-state index contributed by atoms with van der Waals surface area (Å²) in [6.07, 6.45) is 12.8. The van der Waals surface area contributed by atoms with Gasteiger partial charge in [-0.3, -0.25) is 37.0 Å². The molecule has 50 heavy (non-hydrogen) atoms. The molecule has 0 saturated carbocycles. The van der Waals surface area contributed by atoms with E-state index in [1.54, 1.807) is 47.5 Å². The first-order chi connectivity index (χ1) is 24.1. The van der Waals surface area contributed by atoms with Gasteiger partial charge in [-0.15, -0.1) is 0 Å². The van der Waals surface area contributed by atoms with Crippen molar-refractivity contribution < 1.29 is 9.47 Å². The van der Waals surface area contributed by atoms with Gasteiger partial charge in [0.25, 0.3) is 11.1 Å². The predicted octanol–water partition coefficient (Wildman–Crippen LogP) is 5.49. The Hall–Kier alpha value is -4.88. The maximum absolute atomic E-state index is 13.3. The van der Waals surface area contributed by atoms with Gasteiger partial charge in [-0.05, 0) is 25.0 Å². The van der Waals surface area contributed by atoms with Crippen molar-refractivity contribution in [2.24, 2.45) is 28.2 Å². The van der Waals surface area contributed by atoms with Crippen LogP contribution < -0.4 is 32.0 Å². The fourth-order valence-corrected chi connectivity index (χ4v) is 6.34. The maximum atomic E-state index is 13.3. The number of benzene rings is 1. The lowest BCUT2D eigenvalue weighted by atomic mass is 10.1. The zero-order valence-electron chi connectivity index (χ0n) is 30.2. The van der Waals surface area contributed by atoms with Gasteiger partial charge in [0.2, 0.25) is 0 Å². The normalized spacial score (nSPS) is 11.6. The summed E-state index contributed by atoms with van der Waals surface area (Å²) in [5.74, 6) is 0.788. The van der Waals surface area contributed by atoms with Crippen LogP contribution in [0, 0.1) is 0 Å². The Bertz CT molecular complexity index is 2050. The van der Waals surface area contributed by atoms with E-state index in [4.69, 9.17) is 9.47 Å². The molecule has 0 aliphatic rings. The molecule has 0 saturated heterocycles. The number of rotatable bonds is 18. The molecule has 0 fully saturated rings. The molecule has 0 aliphatic heterocycles. The van der Waals surface area contributed by atoms with Crippen LogP contribution in [-0.4, -0.2) is 37.4 Å². The van der Waals surface area contributed by atoms with Gasteiger partial charge in [0.05, 0.1) is 0 Å². The van der Waals surface area contributed by atoms with Gasteiger partial charge in [-0.1, -0.05) is 84.1 Å². The average Bonchev–Trinajstić information content (AvgIpc) is 3.65. The molecule has 0 bridgehead atoms. The van der Waals surface area contributed by atoms with Gasteiger partial charge in [0.15, 0.2) is 22.3 Å². The molecule has 0 spiro atoms. The smallest absolute Gasteiger partial charge is 0.332 e. The number of ether oxygens (including phenoxy) is 2. The molecule has 0 amide bonds. The molecule has 5 rings (SSSR count). The molecule has 14 heteroatoms. The largest absolute Gasteiger partial charge is 0.425 e. The van der Waals surface area contributed by atoms with Gasteiger partial charge in [-0.25, -0.2) is 9.59 Å². The zero-order chi connectivity index (χ0) is 35.9. The fourth-order valence-electron chi connectivity index (χ4n) is 6.34. The van der Waals surface area contributed by atoms with Crippen LogP contribution in [0.5, 0.6) is 23.5 Å². The van der Waals surface area contributed by atoms with E-state index < -0.39 is 22.5 Å². The predicted molar refractivity (Wildman–Crippen MR) is 194 cm³/mol. The molecule has 14 nitrogen and oxygen atoms in total. The SMILES string of the molecule is CCCCCCCCn1c(Oc2cccc(Oc3nc4c(c(=O)n(C)c(=O)n4C)n3CCCCCCCC)c2)nc2c1c(=O)n(C)c(=O)n2C. The molecule has 0 aliphatic carbocycles. The van der Waals surface area contributed by atoms with E-state index in [0.717, 1.165) is 73.3 Å². The summed E-state index contributed by atoms with van der Waals surface area (Å²) in [7, 11) is 6.09. The monoisotopic (exact) mass is 690 g/mol. The number of aryl methyl sites for hydroxylation is 4. The first-order valence-electron chi connectivity index (χ1n) is 17.9. The van der Waals surface area contributed by atoms with E-state index in [-0.39, 0.29) is 23.3 Å². The quantitative estimate of drug-likeness (QED) is 0.110. The summed E-state index contributed by atoms with van der Waals surface area (Å²) in [6.45, 7) is 5.36. The average molecular weight is 691 g/mol. The minimum absolute atomic E-state index is 0.192. The van der Waals surface area contributed by atoms with Crippen molar-refractivity contribution in [1.29, 1.82) is 0 Å². The molecular weight excluding hydrogens is 640 g/mol. The fraction of sp³-hybridized carbons (Fsp3) is 0.556. The van der Waals surface area contributed by atoms with Crippen molar-refractivity contribution in [2.45, 2.75) is 104 Å². The van der Waals surface area contributed by atoms with E-state index in [1.807, 2.05) is 0 Å². The summed E-state index contributed by atoms with van der Waals surface area (Å²) < 4.78 is 21.0. The second-order valence-corrected chi connectivity index (χ2v) is 13.1. The molecule has 0 atom stereocenters. The van der Waals surface area contributed by atoms with Gasteiger partial charge in [0.1, 0.15) is 11.5 Å². The van der Waals surface area contributed by atoms with Gasteiger partial charge in [0, 0.05) is 47.3 Å². The first-order valence-corrected chi connectivity index (χ1v) is 17.9. The molecule has 1 aromatic carbocycles. The maximum Gasteiger partial charge on any atom is 0.332 e. The Labute approximate surface area is 290 Å². The lowest BCUT2D eigenvalue weighted by Crippen LogP contribution is -2.37. The molecular formula is C36H50N8O6. The summed E-state index contributed by atoms with van der Waals surface area (Å²) in [5, 5.41) is 0. The third kappa shape index (κ3) is 7.48. The Morgan fingerprint density at radius 1 is 0.540 bits per heavy atom. The van der Waals surface area contributed by atoms with Crippen molar-refractivity contribution in [2.75, 3.05) is 0 Å². The van der Waals surface area contributed by atoms with Crippen LogP contribution in [0.15, 0.2) is 43.4 Å². The van der Waals surface area contributed by atoms with Crippen LogP contribution in [0.1, 0.15) is 90.9 Å². The second-order valence-electron chi connectivity index (χ2n) is 13.1. The minimum atomic E-state index is -0.468. The highest BCUT2D eigenvalue weighted by Crippen LogP contribution is 2.31. The van der Waals surface area contributed by atoms with Crippen molar-refractivity contribution in [1.82, 2.24) is 37.4 Å². The van der Waals surface area contributed by atoms with E-state index in [0.29, 0.717) is 35.6 Å². The third-order valence-electron chi connectivity index (χ3n) is 9.32. The van der Waals surface area contributed by atoms with Gasteiger partial charge in [-0.2, -0.15) is 9.97 Å². The highest BCUT2D eigenvalue weighted by molar-refractivity contribution is 5.73. The van der Waals surface area contributed by atoms with Crippen molar-refractivity contribution in [3.05, 3.63) is 65.9 Å². The third-order valence-corrected chi connectivity index (χ3v) is 9.32. The molecule has 4 heterocycles. The molecule has 0 unspecified atom stereocenters. The Morgan fingerprint density at radius 2 is 0.920 bits per heavy atom. The number of nitrogens with zero attached hydrogens (tertiary/aromatic N) is 8. The van der Waals surface area contributed by atoms with Gasteiger partial charge >= 0.3 is 23.4 Å². The van der Waals surface area contributed by atoms with Crippen LogP contribution >= 0.6 is 0 Å². The van der Waals surface area contributed by atoms with Crippen molar-refractivity contribution in [3.63, 3.8) is 0 Å². The molecule has 4 aromatic heterocycles. The van der Waals surface area contributed by atoms with Crippen LogP contribution in [0.2, 0.25) is 0 Å². The molecule has 0 N–H and O–H groups in total. The van der Waals surface area contributed by atoms with Gasteiger partial charge < -0.3 is 9.47 Å². The van der Waals surface area contributed by atoms with Crippen LogP contribution in [0.3, 0.4) is 0 Å². The summed E-state index contributed by atoms with van der Waals surface area (Å²) in [4.78, 5) is 61.3. The number of hydrogen-bond acceptors (Lipinski definition) is 8. The Balaban J connectivity index is 1.47. The summed E-state index contributed by atoms with van der Waals surface area (Å²) in [5.41, 5.74) is -0.683. The summed E-state index contributed by atoms with van der Waals surface area (Å²) >= 11 is 0. The molecule has 5 aromatic rings. The Morgan fingerprint density at radius 3 is 1.32 bits per heavy atom.